The first kappa shape index (κ1) is 20.1. The van der Waals surface area contributed by atoms with E-state index in [-0.39, 0.29) is 18.1 Å². The molecular formula is C23H29NO4. The molecule has 28 heavy (non-hydrogen) atoms. The van der Waals surface area contributed by atoms with Crippen LogP contribution in [0.5, 0.6) is 17.2 Å². The standard InChI is InChI=1S/C23H29NO4/c1-15(2)28-18-9-5-16(6-10-18)7-12-23(25)24-20-11-8-17-13-21(26-3)22(27-4)14-19(17)20/h5-6,9-10,13-15,20H,7-8,11-12H2,1-4H3,(H,24,25). The SMILES string of the molecule is COc1cc2c(cc1OC)C(NC(=O)CCc1ccc(OC(C)C)cc1)CC2. The zero-order valence-electron chi connectivity index (χ0n) is 17.1. The van der Waals surface area contributed by atoms with Crippen molar-refractivity contribution in [2.75, 3.05) is 14.2 Å². The van der Waals surface area contributed by atoms with Gasteiger partial charge in [0, 0.05) is 6.42 Å². The van der Waals surface area contributed by atoms with Crippen molar-refractivity contribution in [2.24, 2.45) is 0 Å². The van der Waals surface area contributed by atoms with Crippen molar-refractivity contribution in [3.63, 3.8) is 0 Å². The van der Waals surface area contributed by atoms with E-state index in [0.29, 0.717) is 18.6 Å². The van der Waals surface area contributed by atoms with Crippen molar-refractivity contribution >= 4 is 5.91 Å². The minimum absolute atomic E-state index is 0.0316. The maximum atomic E-state index is 12.5. The average molecular weight is 383 g/mol. The molecule has 0 saturated heterocycles. The number of fused-ring (bicyclic) bond motifs is 1. The topological polar surface area (TPSA) is 56.8 Å². The lowest BCUT2D eigenvalue weighted by atomic mass is 10.1. The summed E-state index contributed by atoms with van der Waals surface area (Å²) in [6.07, 6.45) is 3.16. The maximum Gasteiger partial charge on any atom is 0.220 e. The van der Waals surface area contributed by atoms with Gasteiger partial charge in [0.1, 0.15) is 5.75 Å². The van der Waals surface area contributed by atoms with Gasteiger partial charge in [0.2, 0.25) is 5.91 Å². The van der Waals surface area contributed by atoms with Gasteiger partial charge in [0.15, 0.2) is 11.5 Å². The van der Waals surface area contributed by atoms with E-state index in [1.165, 1.54) is 5.56 Å². The molecule has 2 aromatic carbocycles. The Kier molecular flexibility index (Phi) is 6.45. The highest BCUT2D eigenvalue weighted by Gasteiger charge is 2.26. The van der Waals surface area contributed by atoms with E-state index >= 15 is 0 Å². The molecular weight excluding hydrogens is 354 g/mol. The summed E-state index contributed by atoms with van der Waals surface area (Å²) in [6, 6.07) is 12.0. The zero-order chi connectivity index (χ0) is 20.1. The number of hydrogen-bond donors (Lipinski definition) is 1. The third kappa shape index (κ3) is 4.77. The Morgan fingerprint density at radius 3 is 2.43 bits per heavy atom. The van der Waals surface area contributed by atoms with Crippen LogP contribution < -0.4 is 19.5 Å². The Labute approximate surface area is 167 Å². The number of amides is 1. The van der Waals surface area contributed by atoms with Gasteiger partial charge in [0.25, 0.3) is 0 Å². The second-order valence-corrected chi connectivity index (χ2v) is 7.38. The molecule has 0 radical (unpaired) electrons. The number of nitrogens with one attached hydrogen (secondary N) is 1. The Morgan fingerprint density at radius 2 is 1.79 bits per heavy atom. The number of rotatable bonds is 8. The fraction of sp³-hybridized carbons (Fsp3) is 0.435. The fourth-order valence-electron chi connectivity index (χ4n) is 3.61. The van der Waals surface area contributed by atoms with Crippen LogP contribution in [-0.4, -0.2) is 26.2 Å². The number of methoxy groups -OCH3 is 2. The minimum Gasteiger partial charge on any atom is -0.493 e. The van der Waals surface area contributed by atoms with Crippen LogP contribution in [0, 0.1) is 0 Å². The van der Waals surface area contributed by atoms with Crippen molar-refractivity contribution in [1.29, 1.82) is 0 Å². The van der Waals surface area contributed by atoms with Crippen molar-refractivity contribution in [3.8, 4) is 17.2 Å². The summed E-state index contributed by atoms with van der Waals surface area (Å²) in [4.78, 5) is 12.5. The zero-order valence-corrected chi connectivity index (χ0v) is 17.1. The van der Waals surface area contributed by atoms with Crippen LogP contribution in [0.15, 0.2) is 36.4 Å². The first-order chi connectivity index (χ1) is 13.5. The van der Waals surface area contributed by atoms with Crippen LogP contribution in [-0.2, 0) is 17.6 Å². The van der Waals surface area contributed by atoms with Gasteiger partial charge in [-0.3, -0.25) is 4.79 Å². The van der Waals surface area contributed by atoms with E-state index in [0.717, 1.165) is 35.5 Å². The highest BCUT2D eigenvalue weighted by Crippen LogP contribution is 2.39. The van der Waals surface area contributed by atoms with E-state index in [2.05, 4.69) is 5.32 Å². The van der Waals surface area contributed by atoms with Gasteiger partial charge < -0.3 is 19.5 Å². The van der Waals surface area contributed by atoms with Gasteiger partial charge in [-0.15, -0.1) is 0 Å². The Balaban J connectivity index is 1.56. The predicted molar refractivity (Wildman–Crippen MR) is 109 cm³/mol. The van der Waals surface area contributed by atoms with Gasteiger partial charge in [0.05, 0.1) is 26.4 Å². The highest BCUT2D eigenvalue weighted by molar-refractivity contribution is 5.77. The molecule has 0 fully saturated rings. The molecule has 2 aromatic rings. The molecule has 0 saturated carbocycles. The quantitative estimate of drug-likeness (QED) is 0.741. The van der Waals surface area contributed by atoms with Gasteiger partial charge in [-0.25, -0.2) is 0 Å². The lowest BCUT2D eigenvalue weighted by Crippen LogP contribution is -2.27. The van der Waals surface area contributed by atoms with Gasteiger partial charge in [-0.1, -0.05) is 12.1 Å². The van der Waals surface area contributed by atoms with Crippen molar-refractivity contribution in [3.05, 3.63) is 53.1 Å². The van der Waals surface area contributed by atoms with E-state index < -0.39 is 0 Å². The lowest BCUT2D eigenvalue weighted by Gasteiger charge is -2.16. The summed E-state index contributed by atoms with van der Waals surface area (Å²) in [6.45, 7) is 4.01. The monoisotopic (exact) mass is 383 g/mol. The third-order valence-electron chi connectivity index (χ3n) is 4.99. The van der Waals surface area contributed by atoms with Crippen LogP contribution in [0.3, 0.4) is 0 Å². The summed E-state index contributed by atoms with van der Waals surface area (Å²) < 4.78 is 16.4. The Hall–Kier alpha value is -2.69. The molecule has 1 unspecified atom stereocenters. The average Bonchev–Trinajstić information content (AvgIpc) is 3.07. The molecule has 1 N–H and O–H groups in total. The number of benzene rings is 2. The minimum atomic E-state index is 0.0316. The molecule has 1 amide bonds. The first-order valence-corrected chi connectivity index (χ1v) is 9.80. The molecule has 0 aliphatic heterocycles. The summed E-state index contributed by atoms with van der Waals surface area (Å²) in [5.41, 5.74) is 3.47. The van der Waals surface area contributed by atoms with Gasteiger partial charge in [-0.2, -0.15) is 0 Å². The van der Waals surface area contributed by atoms with E-state index in [1.807, 2.05) is 50.2 Å². The van der Waals surface area contributed by atoms with Crippen LogP contribution >= 0.6 is 0 Å². The van der Waals surface area contributed by atoms with Crippen LogP contribution in [0.4, 0.5) is 0 Å². The molecule has 0 heterocycles. The van der Waals surface area contributed by atoms with E-state index in [4.69, 9.17) is 14.2 Å². The lowest BCUT2D eigenvalue weighted by molar-refractivity contribution is -0.121. The first-order valence-electron chi connectivity index (χ1n) is 9.80. The van der Waals surface area contributed by atoms with E-state index in [9.17, 15) is 4.79 Å². The number of hydrogen-bond acceptors (Lipinski definition) is 4. The van der Waals surface area contributed by atoms with Crippen molar-refractivity contribution < 1.29 is 19.0 Å². The molecule has 0 bridgehead atoms. The summed E-state index contributed by atoms with van der Waals surface area (Å²) in [5, 5.41) is 3.17. The maximum absolute atomic E-state index is 12.5. The summed E-state index contributed by atoms with van der Waals surface area (Å²) >= 11 is 0. The van der Waals surface area contributed by atoms with Crippen molar-refractivity contribution in [2.45, 2.75) is 51.7 Å². The number of ether oxygens (including phenoxy) is 3. The van der Waals surface area contributed by atoms with Crippen LogP contribution in [0.25, 0.3) is 0 Å². The molecule has 0 spiro atoms. The van der Waals surface area contributed by atoms with E-state index in [1.54, 1.807) is 14.2 Å². The Bertz CT molecular complexity index is 814. The molecule has 0 aromatic heterocycles. The number of carbonyl (C=O) groups is 1. The number of aryl methyl sites for hydroxylation is 2. The molecule has 3 rings (SSSR count). The smallest absolute Gasteiger partial charge is 0.220 e. The molecule has 150 valence electrons. The molecule has 5 nitrogen and oxygen atoms in total. The van der Waals surface area contributed by atoms with Gasteiger partial charge >= 0.3 is 0 Å². The molecule has 1 atom stereocenters. The molecule has 1 aliphatic rings. The third-order valence-corrected chi connectivity index (χ3v) is 4.99. The number of carbonyl (C=O) groups excluding carboxylic acids is 1. The highest BCUT2D eigenvalue weighted by atomic mass is 16.5. The summed E-state index contributed by atoms with van der Waals surface area (Å²) in [7, 11) is 3.27. The predicted octanol–water partition coefficient (Wildman–Crippen LogP) is 4.23. The normalized spacial score (nSPS) is 15.2. The summed E-state index contributed by atoms with van der Waals surface area (Å²) in [5.74, 6) is 2.36. The fourth-order valence-corrected chi connectivity index (χ4v) is 3.61. The molecule has 5 heteroatoms. The largest absolute Gasteiger partial charge is 0.493 e. The van der Waals surface area contributed by atoms with Gasteiger partial charge in [-0.05, 0) is 74.1 Å². The van der Waals surface area contributed by atoms with Crippen LogP contribution in [0.1, 0.15) is 49.4 Å². The second-order valence-electron chi connectivity index (χ2n) is 7.38. The van der Waals surface area contributed by atoms with Crippen molar-refractivity contribution in [1.82, 2.24) is 5.32 Å². The Morgan fingerprint density at radius 1 is 1.11 bits per heavy atom. The molecule has 1 aliphatic carbocycles. The van der Waals surface area contributed by atoms with Crippen LogP contribution in [0.2, 0.25) is 0 Å². The second kappa shape index (κ2) is 9.00.